The molecule has 5 heteroatoms. The van der Waals surface area contributed by atoms with Crippen molar-refractivity contribution in [3.8, 4) is 0 Å². The van der Waals surface area contributed by atoms with Crippen LogP contribution in [-0.2, 0) is 0 Å². The summed E-state index contributed by atoms with van der Waals surface area (Å²) in [5, 5.41) is 10.8. The van der Waals surface area contributed by atoms with E-state index in [1.165, 1.54) is 0 Å². The van der Waals surface area contributed by atoms with Gasteiger partial charge in [0.1, 0.15) is 0 Å². The monoisotopic (exact) mass is 321 g/mol. The van der Waals surface area contributed by atoms with Crippen LogP contribution >= 0.6 is 31.9 Å². The third kappa shape index (κ3) is 1.70. The van der Waals surface area contributed by atoms with E-state index < -0.39 is 0 Å². The molecule has 0 aliphatic rings. The smallest absolute Gasteiger partial charge is 0.258 e. The van der Waals surface area contributed by atoms with Gasteiger partial charge in [-0.05, 0) is 58.2 Å². The van der Waals surface area contributed by atoms with Gasteiger partial charge >= 0.3 is 0 Å². The lowest BCUT2D eigenvalue weighted by atomic mass is 10.1. The number of nitro benzene ring substituents is 1. The third-order valence-electron chi connectivity index (χ3n) is 2.21. The Morgan fingerprint density at radius 1 is 1.00 bits per heavy atom. The van der Waals surface area contributed by atoms with Crippen LogP contribution in [0.3, 0.4) is 0 Å². The van der Waals surface area contributed by atoms with Crippen molar-refractivity contribution in [1.82, 2.24) is 0 Å². The number of nitro groups is 1. The molecule has 3 nitrogen and oxygen atoms in total. The standard InChI is InChI=1S/C9H9Br2NO2/c1-4-7(10)5(2)9(12(13)14)6(3)8(4)11/h1-3H3. The van der Waals surface area contributed by atoms with E-state index in [0.29, 0.717) is 11.1 Å². The number of rotatable bonds is 1. The van der Waals surface area contributed by atoms with Crippen LogP contribution in [0.1, 0.15) is 16.7 Å². The van der Waals surface area contributed by atoms with E-state index in [2.05, 4.69) is 31.9 Å². The Bertz CT molecular complexity index is 387. The van der Waals surface area contributed by atoms with Gasteiger partial charge in [-0.3, -0.25) is 10.1 Å². The fraction of sp³-hybridized carbons (Fsp3) is 0.333. The summed E-state index contributed by atoms with van der Waals surface area (Å²) in [7, 11) is 0. The van der Waals surface area contributed by atoms with Gasteiger partial charge in [0, 0.05) is 20.1 Å². The fourth-order valence-corrected chi connectivity index (χ4v) is 2.46. The van der Waals surface area contributed by atoms with Crippen LogP contribution in [0.4, 0.5) is 5.69 Å². The first-order chi connectivity index (χ1) is 6.37. The SMILES string of the molecule is Cc1c(Br)c(C)c([N+](=O)[O-])c(C)c1Br. The quantitative estimate of drug-likeness (QED) is 0.578. The Morgan fingerprint density at radius 3 is 1.64 bits per heavy atom. The molecule has 1 aromatic rings. The number of benzene rings is 1. The summed E-state index contributed by atoms with van der Waals surface area (Å²) in [5.41, 5.74) is 2.52. The first-order valence-corrected chi connectivity index (χ1v) is 5.55. The number of hydrogen-bond donors (Lipinski definition) is 0. The van der Waals surface area contributed by atoms with Gasteiger partial charge in [-0.1, -0.05) is 0 Å². The van der Waals surface area contributed by atoms with E-state index in [-0.39, 0.29) is 10.6 Å². The lowest BCUT2D eigenvalue weighted by Crippen LogP contribution is -1.99. The third-order valence-corrected chi connectivity index (χ3v) is 4.59. The maximum Gasteiger partial charge on any atom is 0.277 e. The predicted octanol–water partition coefficient (Wildman–Crippen LogP) is 4.05. The molecule has 0 saturated carbocycles. The Morgan fingerprint density at radius 2 is 1.36 bits per heavy atom. The van der Waals surface area contributed by atoms with E-state index in [1.807, 2.05) is 6.92 Å². The van der Waals surface area contributed by atoms with E-state index in [4.69, 9.17) is 0 Å². The van der Waals surface area contributed by atoms with Gasteiger partial charge in [-0.15, -0.1) is 0 Å². The molecular formula is C9H9Br2NO2. The molecule has 0 aromatic heterocycles. The summed E-state index contributed by atoms with van der Waals surface area (Å²) in [5.74, 6) is 0. The second kappa shape index (κ2) is 3.98. The van der Waals surface area contributed by atoms with E-state index in [1.54, 1.807) is 13.8 Å². The molecule has 1 rings (SSSR count). The molecule has 0 atom stereocenters. The molecule has 0 aliphatic heterocycles. The molecule has 0 spiro atoms. The fourth-order valence-electron chi connectivity index (χ4n) is 1.42. The summed E-state index contributed by atoms with van der Waals surface area (Å²) in [4.78, 5) is 10.5. The highest BCUT2D eigenvalue weighted by atomic mass is 79.9. The Hall–Kier alpha value is -0.420. The van der Waals surface area contributed by atoms with Crippen LogP contribution in [0, 0.1) is 30.9 Å². The van der Waals surface area contributed by atoms with Crippen LogP contribution in [0.25, 0.3) is 0 Å². The Kier molecular flexibility index (Phi) is 3.32. The van der Waals surface area contributed by atoms with Crippen molar-refractivity contribution in [3.63, 3.8) is 0 Å². The minimum Gasteiger partial charge on any atom is -0.258 e. The Labute approximate surface area is 98.9 Å². The van der Waals surface area contributed by atoms with E-state index in [9.17, 15) is 10.1 Å². The summed E-state index contributed by atoms with van der Waals surface area (Å²) < 4.78 is 1.59. The van der Waals surface area contributed by atoms with E-state index in [0.717, 1.165) is 14.5 Å². The molecular weight excluding hydrogens is 314 g/mol. The van der Waals surface area contributed by atoms with Crippen molar-refractivity contribution in [2.24, 2.45) is 0 Å². The molecule has 0 N–H and O–H groups in total. The average Bonchev–Trinajstić information content (AvgIpc) is 2.11. The molecule has 0 unspecified atom stereocenters. The number of hydrogen-bond acceptors (Lipinski definition) is 2. The molecule has 0 heterocycles. The van der Waals surface area contributed by atoms with Gasteiger partial charge in [0.15, 0.2) is 0 Å². The van der Waals surface area contributed by atoms with Gasteiger partial charge in [0.25, 0.3) is 5.69 Å². The van der Waals surface area contributed by atoms with Crippen LogP contribution in [0.2, 0.25) is 0 Å². The zero-order valence-corrected chi connectivity index (χ0v) is 11.2. The van der Waals surface area contributed by atoms with Gasteiger partial charge in [-0.25, -0.2) is 0 Å². The predicted molar refractivity (Wildman–Crippen MR) is 62.7 cm³/mol. The minimum absolute atomic E-state index is 0.175. The van der Waals surface area contributed by atoms with Gasteiger partial charge in [0.05, 0.1) is 4.92 Å². The van der Waals surface area contributed by atoms with Crippen LogP contribution in [-0.4, -0.2) is 4.92 Å². The molecule has 0 saturated heterocycles. The second-order valence-corrected chi connectivity index (χ2v) is 4.69. The molecule has 0 fully saturated rings. The zero-order valence-electron chi connectivity index (χ0n) is 8.02. The summed E-state index contributed by atoms with van der Waals surface area (Å²) in [6.07, 6.45) is 0. The molecule has 14 heavy (non-hydrogen) atoms. The summed E-state index contributed by atoms with van der Waals surface area (Å²) in [6, 6.07) is 0. The molecule has 0 amide bonds. The number of halogens is 2. The highest BCUT2D eigenvalue weighted by Gasteiger charge is 2.22. The first-order valence-electron chi connectivity index (χ1n) is 3.97. The summed E-state index contributed by atoms with van der Waals surface area (Å²) >= 11 is 6.70. The average molecular weight is 323 g/mol. The molecule has 0 bridgehead atoms. The molecule has 1 aromatic carbocycles. The highest BCUT2D eigenvalue weighted by molar-refractivity contribution is 9.11. The van der Waals surface area contributed by atoms with Crippen LogP contribution in [0.5, 0.6) is 0 Å². The van der Waals surface area contributed by atoms with Crippen molar-refractivity contribution in [2.45, 2.75) is 20.8 Å². The van der Waals surface area contributed by atoms with Crippen molar-refractivity contribution < 1.29 is 4.92 Å². The van der Waals surface area contributed by atoms with Crippen LogP contribution in [0.15, 0.2) is 8.95 Å². The lowest BCUT2D eigenvalue weighted by molar-refractivity contribution is -0.386. The Balaban J connectivity index is 3.68. The van der Waals surface area contributed by atoms with Gasteiger partial charge in [0.2, 0.25) is 0 Å². The molecule has 76 valence electrons. The molecule has 0 radical (unpaired) electrons. The largest absolute Gasteiger partial charge is 0.277 e. The zero-order chi connectivity index (χ0) is 11.0. The van der Waals surface area contributed by atoms with Crippen molar-refractivity contribution >= 4 is 37.5 Å². The van der Waals surface area contributed by atoms with Crippen LogP contribution < -0.4 is 0 Å². The highest BCUT2D eigenvalue weighted by Crippen LogP contribution is 2.38. The maximum atomic E-state index is 10.8. The topological polar surface area (TPSA) is 43.1 Å². The van der Waals surface area contributed by atoms with Gasteiger partial charge in [-0.2, -0.15) is 0 Å². The van der Waals surface area contributed by atoms with Crippen molar-refractivity contribution in [3.05, 3.63) is 35.8 Å². The maximum absolute atomic E-state index is 10.8. The normalized spacial score (nSPS) is 10.4. The van der Waals surface area contributed by atoms with E-state index >= 15 is 0 Å². The first kappa shape index (κ1) is 11.7. The number of nitrogens with zero attached hydrogens (tertiary/aromatic N) is 1. The van der Waals surface area contributed by atoms with Gasteiger partial charge < -0.3 is 0 Å². The van der Waals surface area contributed by atoms with Crippen molar-refractivity contribution in [2.75, 3.05) is 0 Å². The van der Waals surface area contributed by atoms with Crippen molar-refractivity contribution in [1.29, 1.82) is 0 Å². The lowest BCUT2D eigenvalue weighted by Gasteiger charge is -2.09. The minimum atomic E-state index is -0.348. The second-order valence-electron chi connectivity index (χ2n) is 3.11. The summed E-state index contributed by atoms with van der Waals surface area (Å²) in [6.45, 7) is 5.40. The molecule has 0 aliphatic carbocycles.